The summed E-state index contributed by atoms with van der Waals surface area (Å²) in [5.41, 5.74) is 4.13. The Balaban J connectivity index is 1.27. The lowest BCUT2D eigenvalue weighted by Crippen LogP contribution is -1.90. The van der Waals surface area contributed by atoms with E-state index in [1.54, 1.807) is 0 Å². The number of aryl methyl sites for hydroxylation is 2. The topological polar surface area (TPSA) is 4.93 Å². The summed E-state index contributed by atoms with van der Waals surface area (Å²) in [6.07, 6.45) is 15.2. The lowest BCUT2D eigenvalue weighted by atomic mass is 9.96. The molecule has 0 saturated heterocycles. The van der Waals surface area contributed by atoms with E-state index in [9.17, 15) is 0 Å². The van der Waals surface area contributed by atoms with E-state index in [-0.39, 0.29) is 0 Å². The monoisotopic (exact) mass is 449 g/mol. The molecule has 0 aliphatic carbocycles. The van der Waals surface area contributed by atoms with Crippen molar-refractivity contribution in [3.8, 4) is 0 Å². The molecule has 0 N–H and O–H groups in total. The molecule has 0 aliphatic rings. The van der Waals surface area contributed by atoms with Gasteiger partial charge in [0, 0.05) is 28.7 Å². The van der Waals surface area contributed by atoms with Crippen LogP contribution in [0.2, 0.25) is 0 Å². The van der Waals surface area contributed by atoms with Crippen molar-refractivity contribution < 1.29 is 0 Å². The molecule has 34 heavy (non-hydrogen) atoms. The van der Waals surface area contributed by atoms with Gasteiger partial charge in [-0.05, 0) is 40.6 Å². The fourth-order valence-electron chi connectivity index (χ4n) is 5.85. The summed E-state index contributed by atoms with van der Waals surface area (Å²) in [7, 11) is 2.20. The highest BCUT2D eigenvalue weighted by Crippen LogP contribution is 2.36. The van der Waals surface area contributed by atoms with Crippen molar-refractivity contribution in [2.24, 2.45) is 7.05 Å². The Morgan fingerprint density at radius 2 is 1.18 bits per heavy atom. The van der Waals surface area contributed by atoms with Gasteiger partial charge >= 0.3 is 0 Å². The number of fused-ring (bicyclic) bond motifs is 7. The summed E-state index contributed by atoms with van der Waals surface area (Å²) in [6, 6.07) is 25.2. The van der Waals surface area contributed by atoms with Gasteiger partial charge in [-0.25, -0.2) is 0 Å². The lowest BCUT2D eigenvalue weighted by molar-refractivity contribution is 0.556. The Bertz CT molecular complexity index is 1400. The quantitative estimate of drug-likeness (QED) is 0.140. The molecule has 0 aliphatic heterocycles. The smallest absolute Gasteiger partial charge is 0.0568 e. The van der Waals surface area contributed by atoms with E-state index in [0.29, 0.717) is 0 Å². The summed E-state index contributed by atoms with van der Waals surface area (Å²) in [6.45, 7) is 2.29. The molecule has 0 saturated carbocycles. The lowest BCUT2D eigenvalue weighted by Gasteiger charge is -2.09. The minimum absolute atomic E-state index is 1.20. The van der Waals surface area contributed by atoms with E-state index in [1.165, 1.54) is 120 Å². The maximum atomic E-state index is 2.42. The van der Waals surface area contributed by atoms with Crippen LogP contribution in [0.1, 0.15) is 76.7 Å². The maximum absolute atomic E-state index is 2.42. The first-order chi connectivity index (χ1) is 16.8. The van der Waals surface area contributed by atoms with Gasteiger partial charge in [-0.15, -0.1) is 0 Å². The SMILES string of the molecule is CCCCCCCCCCCCc1ccc2c(ccc3c2ccc2c4ccccc4n(C)c32)c1. The molecule has 0 fully saturated rings. The zero-order chi connectivity index (χ0) is 23.3. The molecule has 0 bridgehead atoms. The van der Waals surface area contributed by atoms with Gasteiger partial charge < -0.3 is 4.57 Å². The number of benzene rings is 4. The van der Waals surface area contributed by atoms with Crippen molar-refractivity contribution in [1.29, 1.82) is 0 Å². The number of rotatable bonds is 11. The molecule has 0 unspecified atom stereocenters. The van der Waals surface area contributed by atoms with Gasteiger partial charge in [-0.1, -0.05) is 125 Å². The van der Waals surface area contributed by atoms with Crippen LogP contribution in [-0.2, 0) is 13.5 Å². The van der Waals surface area contributed by atoms with Crippen molar-refractivity contribution in [2.45, 2.75) is 77.6 Å². The normalized spacial score (nSPS) is 11.9. The van der Waals surface area contributed by atoms with E-state index in [2.05, 4.69) is 85.3 Å². The molecule has 0 spiro atoms. The van der Waals surface area contributed by atoms with Crippen LogP contribution in [0.25, 0.3) is 43.4 Å². The molecule has 0 radical (unpaired) electrons. The first kappa shape index (κ1) is 23.0. The first-order valence-electron chi connectivity index (χ1n) is 13.6. The summed E-state index contributed by atoms with van der Waals surface area (Å²) < 4.78 is 2.36. The molecule has 1 heteroatoms. The number of hydrogen-bond donors (Lipinski definition) is 0. The summed E-state index contributed by atoms with van der Waals surface area (Å²) in [4.78, 5) is 0. The molecule has 176 valence electrons. The number of para-hydroxylation sites is 1. The zero-order valence-electron chi connectivity index (χ0n) is 21.1. The molecule has 5 rings (SSSR count). The average molecular weight is 450 g/mol. The molecule has 1 nitrogen and oxygen atoms in total. The Hall–Kier alpha value is -2.80. The van der Waals surface area contributed by atoms with Gasteiger partial charge in [0.2, 0.25) is 0 Å². The van der Waals surface area contributed by atoms with Crippen LogP contribution in [0.5, 0.6) is 0 Å². The Morgan fingerprint density at radius 1 is 0.559 bits per heavy atom. The molecule has 4 aromatic carbocycles. The van der Waals surface area contributed by atoms with E-state index < -0.39 is 0 Å². The van der Waals surface area contributed by atoms with Crippen molar-refractivity contribution >= 4 is 43.4 Å². The number of unbranched alkanes of at least 4 members (excludes halogenated alkanes) is 9. The van der Waals surface area contributed by atoms with E-state index in [0.717, 1.165) is 0 Å². The van der Waals surface area contributed by atoms with Gasteiger partial charge in [0.15, 0.2) is 0 Å². The van der Waals surface area contributed by atoms with Gasteiger partial charge in [-0.2, -0.15) is 0 Å². The van der Waals surface area contributed by atoms with Crippen LogP contribution >= 0.6 is 0 Å². The van der Waals surface area contributed by atoms with E-state index >= 15 is 0 Å². The Kier molecular flexibility index (Phi) is 7.19. The van der Waals surface area contributed by atoms with Gasteiger partial charge in [-0.3, -0.25) is 0 Å². The third-order valence-electron chi connectivity index (χ3n) is 7.76. The maximum Gasteiger partial charge on any atom is 0.0568 e. The standard InChI is InChI=1S/C33H39N/c1-3-4-5-6-7-8-9-10-11-12-15-25-18-20-27-26(24-25)19-21-30-28(27)22-23-31-29-16-13-14-17-32(29)34(2)33(30)31/h13-14,16-24H,3-12,15H2,1-2H3. The first-order valence-corrected chi connectivity index (χ1v) is 13.6. The molecular formula is C33H39N. The van der Waals surface area contributed by atoms with Crippen LogP contribution in [0.3, 0.4) is 0 Å². The predicted molar refractivity (Wildman–Crippen MR) is 151 cm³/mol. The second-order valence-electron chi connectivity index (χ2n) is 10.2. The summed E-state index contributed by atoms with van der Waals surface area (Å²) in [5, 5.41) is 8.15. The highest BCUT2D eigenvalue weighted by Gasteiger charge is 2.12. The second-order valence-corrected chi connectivity index (χ2v) is 10.2. The minimum atomic E-state index is 1.20. The zero-order valence-corrected chi connectivity index (χ0v) is 21.1. The number of nitrogens with zero attached hydrogens (tertiary/aromatic N) is 1. The van der Waals surface area contributed by atoms with Gasteiger partial charge in [0.1, 0.15) is 0 Å². The molecule has 0 amide bonds. The van der Waals surface area contributed by atoms with Crippen molar-refractivity contribution in [3.05, 3.63) is 72.3 Å². The third-order valence-corrected chi connectivity index (χ3v) is 7.76. The third kappa shape index (κ3) is 4.58. The number of aromatic nitrogens is 1. The van der Waals surface area contributed by atoms with Crippen molar-refractivity contribution in [3.63, 3.8) is 0 Å². The molecule has 5 aromatic rings. The van der Waals surface area contributed by atoms with E-state index in [4.69, 9.17) is 0 Å². The highest BCUT2D eigenvalue weighted by atomic mass is 14.9. The van der Waals surface area contributed by atoms with Crippen LogP contribution in [0.15, 0.2) is 66.7 Å². The minimum Gasteiger partial charge on any atom is -0.343 e. The van der Waals surface area contributed by atoms with Crippen molar-refractivity contribution in [2.75, 3.05) is 0 Å². The summed E-state index contributed by atoms with van der Waals surface area (Å²) in [5.74, 6) is 0. The van der Waals surface area contributed by atoms with Gasteiger partial charge in [0.05, 0.1) is 5.52 Å². The predicted octanol–water partition coefficient (Wildman–Crippen LogP) is 10.1. The Morgan fingerprint density at radius 3 is 1.97 bits per heavy atom. The largest absolute Gasteiger partial charge is 0.343 e. The molecule has 1 aromatic heterocycles. The van der Waals surface area contributed by atoms with Crippen LogP contribution < -0.4 is 0 Å². The van der Waals surface area contributed by atoms with Crippen LogP contribution in [-0.4, -0.2) is 4.57 Å². The van der Waals surface area contributed by atoms with E-state index in [1.807, 2.05) is 0 Å². The molecule has 0 atom stereocenters. The highest BCUT2D eigenvalue weighted by molar-refractivity contribution is 6.22. The van der Waals surface area contributed by atoms with Gasteiger partial charge in [0.25, 0.3) is 0 Å². The fourth-order valence-corrected chi connectivity index (χ4v) is 5.85. The van der Waals surface area contributed by atoms with Crippen LogP contribution in [0, 0.1) is 0 Å². The van der Waals surface area contributed by atoms with Crippen molar-refractivity contribution in [1.82, 2.24) is 4.57 Å². The molecule has 1 heterocycles. The number of hydrogen-bond acceptors (Lipinski definition) is 0. The second kappa shape index (κ2) is 10.6. The average Bonchev–Trinajstić information content (AvgIpc) is 3.17. The van der Waals surface area contributed by atoms with Crippen LogP contribution in [0.4, 0.5) is 0 Å². The summed E-state index contributed by atoms with van der Waals surface area (Å²) >= 11 is 0. The fraction of sp³-hybridized carbons (Fsp3) is 0.394. The Labute approximate surface area is 204 Å². The molecular weight excluding hydrogens is 410 g/mol.